The number of carbonyl (C=O) groups is 3. The quantitative estimate of drug-likeness (QED) is 0.304. The average Bonchev–Trinajstić information content (AvgIpc) is 2.79. The Balaban J connectivity index is 0.000000680. The highest BCUT2D eigenvalue weighted by Crippen LogP contribution is 2.13. The van der Waals surface area contributed by atoms with Gasteiger partial charge in [-0.05, 0) is 17.6 Å². The van der Waals surface area contributed by atoms with E-state index in [1.54, 1.807) is 29.3 Å². The highest BCUT2D eigenvalue weighted by Gasteiger charge is 2.38. The van der Waals surface area contributed by atoms with Gasteiger partial charge < -0.3 is 25.5 Å². The minimum atomic E-state index is -5.19. The van der Waals surface area contributed by atoms with E-state index in [4.69, 9.17) is 25.5 Å². The number of carbonyl (C=O) groups excluding carboxylic acids is 2. The Labute approximate surface area is 193 Å². The number of hydrogen-bond donors (Lipinski definition) is 2. The van der Waals surface area contributed by atoms with Gasteiger partial charge in [-0.15, -0.1) is 0 Å². The zero-order chi connectivity index (χ0) is 27.2. The van der Waals surface area contributed by atoms with Crippen LogP contribution in [0.2, 0.25) is 0 Å². The molecular formula is C18H19F6N5O6. The molecule has 2 aromatic heterocycles. The molecule has 0 bridgehead atoms. The van der Waals surface area contributed by atoms with Gasteiger partial charge in [-0.1, -0.05) is 4.68 Å². The van der Waals surface area contributed by atoms with Crippen LogP contribution in [-0.4, -0.2) is 63.6 Å². The average molecular weight is 515 g/mol. The topological polar surface area (TPSA) is 172 Å². The van der Waals surface area contributed by atoms with Crippen LogP contribution >= 0.6 is 0 Å². The highest BCUT2D eigenvalue weighted by molar-refractivity contribution is 5.75. The van der Waals surface area contributed by atoms with Gasteiger partial charge in [-0.2, -0.15) is 26.3 Å². The van der Waals surface area contributed by atoms with Crippen molar-refractivity contribution in [3.8, 4) is 11.4 Å². The summed E-state index contributed by atoms with van der Waals surface area (Å²) in [5, 5.41) is 20.2. The van der Waals surface area contributed by atoms with E-state index in [-0.39, 0.29) is 5.97 Å². The van der Waals surface area contributed by atoms with Gasteiger partial charge in [-0.25, -0.2) is 14.8 Å². The lowest BCUT2D eigenvalue weighted by molar-refractivity contribution is -0.754. The van der Waals surface area contributed by atoms with Crippen LogP contribution in [-0.2, 0) is 25.7 Å². The number of alkyl halides is 6. The molecule has 0 fully saturated rings. The molecule has 1 atom stereocenters. The van der Waals surface area contributed by atoms with E-state index < -0.39 is 30.3 Å². The molecular weight excluding hydrogens is 496 g/mol. The molecule has 0 saturated carbocycles. The fraction of sp³-hybridized carbons (Fsp3) is 0.389. The maximum absolute atomic E-state index is 11.2. The second kappa shape index (κ2) is 14.4. The summed E-state index contributed by atoms with van der Waals surface area (Å²) < 4.78 is 69.7. The standard InChI is InChI=1S/C14H18N5O2.2C2HF3O2/c1-21-14(20)12(15)4-2-8-19-9-5-11(10-18-19)13-16-6-3-7-17-13;2*3-2(4,5)1(6)7/h3,5-7,9-10,12H,2,4,8,15H2,1H3;2*(H,6,7)/q+1;;/p-1. The van der Waals surface area contributed by atoms with Crippen LogP contribution in [0.25, 0.3) is 11.4 Å². The number of esters is 1. The van der Waals surface area contributed by atoms with Crippen molar-refractivity contribution in [3.05, 3.63) is 36.9 Å². The van der Waals surface area contributed by atoms with E-state index in [0.29, 0.717) is 18.8 Å². The molecule has 2 heterocycles. The molecule has 0 aliphatic heterocycles. The molecule has 194 valence electrons. The van der Waals surface area contributed by atoms with Crippen molar-refractivity contribution in [1.29, 1.82) is 0 Å². The Morgan fingerprint density at radius 1 is 1.14 bits per heavy atom. The normalized spacial score (nSPS) is 11.7. The third-order valence-corrected chi connectivity index (χ3v) is 3.48. The van der Waals surface area contributed by atoms with Crippen molar-refractivity contribution >= 4 is 17.9 Å². The number of carboxylic acids is 2. The van der Waals surface area contributed by atoms with Crippen LogP contribution in [0.3, 0.4) is 0 Å². The third kappa shape index (κ3) is 13.4. The molecule has 0 aromatic carbocycles. The van der Waals surface area contributed by atoms with Crippen molar-refractivity contribution < 1.29 is 60.4 Å². The van der Waals surface area contributed by atoms with Gasteiger partial charge >= 0.3 is 24.3 Å². The first kappa shape index (κ1) is 31.1. The minimum absolute atomic E-state index is 0.385. The Bertz CT molecular complexity index is 918. The Morgan fingerprint density at radius 3 is 2.03 bits per heavy atom. The van der Waals surface area contributed by atoms with E-state index >= 15 is 0 Å². The number of carboxylic acid groups (broad SMARTS) is 2. The predicted molar refractivity (Wildman–Crippen MR) is 99.4 cm³/mol. The number of rotatable bonds is 6. The molecule has 0 saturated heterocycles. The third-order valence-electron chi connectivity index (χ3n) is 3.48. The van der Waals surface area contributed by atoms with Crippen molar-refractivity contribution in [2.24, 2.45) is 5.73 Å². The van der Waals surface area contributed by atoms with Gasteiger partial charge in [0, 0.05) is 30.4 Å². The maximum Gasteiger partial charge on any atom is 0.490 e. The van der Waals surface area contributed by atoms with Crippen LogP contribution < -0.4 is 15.5 Å². The number of aryl methyl sites for hydroxylation is 1. The van der Waals surface area contributed by atoms with Crippen molar-refractivity contribution in [2.75, 3.05) is 7.11 Å². The molecule has 2 rings (SSSR count). The number of halogens is 6. The van der Waals surface area contributed by atoms with Crippen LogP contribution in [0.4, 0.5) is 26.3 Å². The summed E-state index contributed by atoms with van der Waals surface area (Å²) in [6, 6.07) is 3.10. The van der Waals surface area contributed by atoms with Gasteiger partial charge in [0.25, 0.3) is 0 Å². The SMILES string of the molecule is COC(=O)C(N)CCC[n+]1ccc(-c2ncccn2)cn1.O=C(O)C(F)(F)F.O=C([O-])C(F)(F)F. The molecule has 1 unspecified atom stereocenters. The van der Waals surface area contributed by atoms with Gasteiger partial charge in [0.05, 0.1) is 7.11 Å². The first-order valence-electron chi connectivity index (χ1n) is 9.14. The number of hydrogen-bond acceptors (Lipinski definition) is 9. The molecule has 11 nitrogen and oxygen atoms in total. The van der Waals surface area contributed by atoms with E-state index in [1.807, 2.05) is 12.3 Å². The van der Waals surface area contributed by atoms with Gasteiger partial charge in [0.2, 0.25) is 0 Å². The molecule has 2 aromatic rings. The molecule has 0 amide bonds. The largest absolute Gasteiger partial charge is 0.542 e. The highest BCUT2D eigenvalue weighted by atomic mass is 19.4. The first-order chi connectivity index (χ1) is 16.1. The van der Waals surface area contributed by atoms with Gasteiger partial charge in [0.15, 0.2) is 18.6 Å². The van der Waals surface area contributed by atoms with E-state index in [9.17, 15) is 31.1 Å². The summed E-state index contributed by atoms with van der Waals surface area (Å²) in [5.74, 6) is -5.51. The molecule has 0 radical (unpaired) electrons. The molecule has 0 aliphatic carbocycles. The fourth-order valence-corrected chi connectivity index (χ4v) is 1.84. The summed E-state index contributed by atoms with van der Waals surface area (Å²) in [4.78, 5) is 37.2. The van der Waals surface area contributed by atoms with Crippen molar-refractivity contribution in [3.63, 3.8) is 0 Å². The zero-order valence-corrected chi connectivity index (χ0v) is 17.8. The predicted octanol–water partition coefficient (Wildman–Crippen LogP) is 0.0385. The first-order valence-corrected chi connectivity index (χ1v) is 9.14. The zero-order valence-electron chi connectivity index (χ0n) is 17.8. The van der Waals surface area contributed by atoms with E-state index in [1.165, 1.54) is 7.11 Å². The maximum atomic E-state index is 11.2. The number of methoxy groups -OCH3 is 1. The fourth-order valence-electron chi connectivity index (χ4n) is 1.84. The van der Waals surface area contributed by atoms with Crippen LogP contribution in [0.15, 0.2) is 36.9 Å². The number of nitrogens with two attached hydrogens (primary N) is 1. The molecule has 0 spiro atoms. The smallest absolute Gasteiger partial charge is 0.490 e. The summed E-state index contributed by atoms with van der Waals surface area (Å²) in [6.07, 6.45) is -2.01. The second-order valence-electron chi connectivity index (χ2n) is 6.11. The minimum Gasteiger partial charge on any atom is -0.542 e. The Hall–Kier alpha value is -3.89. The lowest BCUT2D eigenvalue weighted by atomic mass is 10.2. The van der Waals surface area contributed by atoms with E-state index in [2.05, 4.69) is 19.8 Å². The number of nitrogens with zero attached hydrogens (tertiary/aromatic N) is 4. The lowest BCUT2D eigenvalue weighted by Crippen LogP contribution is -2.39. The van der Waals surface area contributed by atoms with Gasteiger partial charge in [-0.3, -0.25) is 4.79 Å². The lowest BCUT2D eigenvalue weighted by Gasteiger charge is -2.06. The molecule has 0 aliphatic rings. The second-order valence-corrected chi connectivity index (χ2v) is 6.11. The Morgan fingerprint density at radius 2 is 1.66 bits per heavy atom. The molecule has 17 heteroatoms. The summed E-state index contributed by atoms with van der Waals surface area (Å²) in [6.45, 7) is 0.681. The van der Waals surface area contributed by atoms with Crippen LogP contribution in [0.5, 0.6) is 0 Å². The van der Waals surface area contributed by atoms with Crippen LogP contribution in [0.1, 0.15) is 12.8 Å². The van der Waals surface area contributed by atoms with Crippen LogP contribution in [0, 0.1) is 0 Å². The van der Waals surface area contributed by atoms with Crippen molar-refractivity contribution in [2.45, 2.75) is 37.8 Å². The van der Waals surface area contributed by atoms with Crippen molar-refractivity contribution in [1.82, 2.24) is 15.1 Å². The monoisotopic (exact) mass is 515 g/mol. The van der Waals surface area contributed by atoms with E-state index in [0.717, 1.165) is 12.0 Å². The Kier molecular flexibility index (Phi) is 12.8. The molecule has 35 heavy (non-hydrogen) atoms. The number of aliphatic carboxylic acids is 2. The summed E-state index contributed by atoms with van der Waals surface area (Å²) in [5.41, 5.74) is 6.53. The summed E-state index contributed by atoms with van der Waals surface area (Å²) in [7, 11) is 1.34. The van der Waals surface area contributed by atoms with Gasteiger partial charge in [0.1, 0.15) is 18.2 Å². The summed E-state index contributed by atoms with van der Waals surface area (Å²) >= 11 is 0. The number of ether oxygens (including phenoxy) is 1. The molecule has 3 N–H and O–H groups in total. The number of aromatic nitrogens is 4.